The Kier molecular flexibility index (Phi) is 6.48. The third kappa shape index (κ3) is 4.61. The second-order valence-corrected chi connectivity index (χ2v) is 9.39. The number of primary amides is 1. The average molecular weight is 514 g/mol. The summed E-state index contributed by atoms with van der Waals surface area (Å²) in [4.78, 5) is 11.7. The smallest absolute Gasteiger partial charge is 0.369 e. The monoisotopic (exact) mass is 514 g/mol. The van der Waals surface area contributed by atoms with Gasteiger partial charge in [-0.15, -0.1) is 0 Å². The van der Waals surface area contributed by atoms with Gasteiger partial charge < -0.3 is 10.8 Å². The molecule has 4 N–H and O–H groups in total. The first-order chi connectivity index (χ1) is 15.5. The lowest BCUT2D eigenvalue weighted by Gasteiger charge is -2.33. The molecule has 34 heavy (non-hydrogen) atoms. The van der Waals surface area contributed by atoms with Crippen molar-refractivity contribution in [1.82, 2.24) is 4.72 Å². The van der Waals surface area contributed by atoms with Crippen LogP contribution < -0.4 is 10.5 Å². The highest BCUT2D eigenvalue weighted by atomic mass is 32.2. The van der Waals surface area contributed by atoms with Crippen molar-refractivity contribution in [1.29, 1.82) is 0 Å². The minimum absolute atomic E-state index is 0.148. The van der Waals surface area contributed by atoms with Crippen LogP contribution in [0.1, 0.15) is 35.4 Å². The largest absolute Gasteiger partial charge is 0.430 e. The first-order valence-electron chi connectivity index (χ1n) is 9.57. The standard InChI is InChI=1S/C20H17F7N2O4S/c21-14-9-10(18(31,19(22,23)24)20(25,26)27)5-8-12(14)16(17(28)30)13-3-1-2-4-15(13)34(32,33)29-11-6-7-11/h1-5,8-9,11,16,29,31H,6-7H2,(H2,28,30). The van der Waals surface area contributed by atoms with Crippen molar-refractivity contribution in [2.45, 2.75) is 47.7 Å². The van der Waals surface area contributed by atoms with Crippen molar-refractivity contribution < 1.29 is 49.1 Å². The number of carbonyl (C=O) groups is 1. The van der Waals surface area contributed by atoms with Crippen molar-refractivity contribution in [3.05, 3.63) is 65.0 Å². The molecule has 0 heterocycles. The highest BCUT2D eigenvalue weighted by Gasteiger charge is 2.71. The van der Waals surface area contributed by atoms with Crippen molar-refractivity contribution >= 4 is 15.9 Å². The fraction of sp³-hybridized carbons (Fsp3) is 0.350. The molecule has 1 saturated carbocycles. The summed E-state index contributed by atoms with van der Waals surface area (Å²) in [6, 6.07) is 4.81. The van der Waals surface area contributed by atoms with Crippen LogP contribution in [-0.4, -0.2) is 37.8 Å². The van der Waals surface area contributed by atoms with Crippen LogP contribution in [0.3, 0.4) is 0 Å². The van der Waals surface area contributed by atoms with Gasteiger partial charge in [0.05, 0.1) is 10.8 Å². The topological polar surface area (TPSA) is 109 Å². The SMILES string of the molecule is NC(=O)C(c1ccc(C(O)(C(F)(F)F)C(F)(F)F)cc1F)c1ccccc1S(=O)(=O)NC1CC1. The molecule has 1 aliphatic rings. The molecule has 2 aromatic carbocycles. The lowest BCUT2D eigenvalue weighted by atomic mass is 9.86. The van der Waals surface area contributed by atoms with E-state index in [9.17, 15) is 49.1 Å². The summed E-state index contributed by atoms with van der Waals surface area (Å²) < 4.78 is 121. The number of hydrogen-bond acceptors (Lipinski definition) is 4. The summed E-state index contributed by atoms with van der Waals surface area (Å²) >= 11 is 0. The van der Waals surface area contributed by atoms with E-state index in [4.69, 9.17) is 5.73 Å². The zero-order valence-corrected chi connectivity index (χ0v) is 17.7. The van der Waals surface area contributed by atoms with Crippen molar-refractivity contribution in [2.75, 3.05) is 0 Å². The Morgan fingerprint density at radius 1 is 1.00 bits per heavy atom. The number of amides is 1. The second kappa shape index (κ2) is 8.50. The number of rotatable bonds is 7. The highest BCUT2D eigenvalue weighted by molar-refractivity contribution is 7.89. The summed E-state index contributed by atoms with van der Waals surface area (Å²) in [6.07, 6.45) is -11.4. The fourth-order valence-electron chi connectivity index (χ4n) is 3.40. The van der Waals surface area contributed by atoms with Gasteiger partial charge in [-0.25, -0.2) is 17.5 Å². The lowest BCUT2D eigenvalue weighted by molar-refractivity contribution is -0.376. The Morgan fingerprint density at radius 2 is 1.56 bits per heavy atom. The normalized spacial score (nSPS) is 16.4. The molecule has 1 unspecified atom stereocenters. The molecule has 0 spiro atoms. The lowest BCUT2D eigenvalue weighted by Crippen LogP contribution is -2.54. The van der Waals surface area contributed by atoms with E-state index in [1.54, 1.807) is 0 Å². The van der Waals surface area contributed by atoms with Gasteiger partial charge in [0.1, 0.15) is 5.82 Å². The van der Waals surface area contributed by atoms with Crippen LogP contribution in [0.25, 0.3) is 0 Å². The molecule has 1 amide bonds. The molecule has 0 saturated heterocycles. The molecule has 1 aliphatic carbocycles. The average Bonchev–Trinajstić information content (AvgIpc) is 3.50. The van der Waals surface area contributed by atoms with Crippen LogP contribution in [0, 0.1) is 5.82 Å². The van der Waals surface area contributed by atoms with Gasteiger partial charge in [0.15, 0.2) is 0 Å². The first kappa shape index (κ1) is 25.9. The molecule has 0 radical (unpaired) electrons. The number of nitrogens with one attached hydrogen (secondary N) is 1. The summed E-state index contributed by atoms with van der Waals surface area (Å²) in [5, 5.41) is 9.48. The number of hydrogen-bond donors (Lipinski definition) is 3. The summed E-state index contributed by atoms with van der Waals surface area (Å²) in [6.45, 7) is 0. The molecule has 2 aromatic rings. The fourth-order valence-corrected chi connectivity index (χ4v) is 4.95. The van der Waals surface area contributed by atoms with Gasteiger partial charge >= 0.3 is 12.4 Å². The van der Waals surface area contributed by atoms with E-state index < -0.39 is 61.6 Å². The third-order valence-corrected chi connectivity index (χ3v) is 6.85. The van der Waals surface area contributed by atoms with Crippen molar-refractivity contribution in [2.24, 2.45) is 5.73 Å². The summed E-state index contributed by atoms with van der Waals surface area (Å²) in [5.74, 6) is -4.94. The molecule has 0 bridgehead atoms. The van der Waals surface area contributed by atoms with Crippen LogP contribution in [0.15, 0.2) is 47.4 Å². The quantitative estimate of drug-likeness (QED) is 0.493. The second-order valence-electron chi connectivity index (χ2n) is 7.71. The number of sulfonamides is 1. The van der Waals surface area contributed by atoms with Crippen LogP contribution >= 0.6 is 0 Å². The Bertz CT molecular complexity index is 1190. The molecule has 14 heteroatoms. The number of alkyl halides is 6. The molecule has 0 aromatic heterocycles. The van der Waals surface area contributed by atoms with Crippen molar-refractivity contribution in [3.63, 3.8) is 0 Å². The Morgan fingerprint density at radius 3 is 2.03 bits per heavy atom. The third-order valence-electron chi connectivity index (χ3n) is 5.25. The zero-order chi connectivity index (χ0) is 25.7. The van der Waals surface area contributed by atoms with E-state index in [1.807, 2.05) is 0 Å². The minimum atomic E-state index is -6.25. The molecular formula is C20H17F7N2O4S. The highest BCUT2D eigenvalue weighted by Crippen LogP contribution is 2.50. The maximum absolute atomic E-state index is 14.9. The first-order valence-corrected chi connectivity index (χ1v) is 11.1. The van der Waals surface area contributed by atoms with E-state index in [2.05, 4.69) is 4.72 Å². The van der Waals surface area contributed by atoms with Gasteiger partial charge in [0, 0.05) is 17.2 Å². The maximum atomic E-state index is 14.9. The van der Waals surface area contributed by atoms with E-state index in [0.29, 0.717) is 18.9 Å². The van der Waals surface area contributed by atoms with E-state index >= 15 is 0 Å². The van der Waals surface area contributed by atoms with Gasteiger partial charge in [0.25, 0.3) is 5.60 Å². The molecule has 186 valence electrons. The molecule has 1 atom stereocenters. The molecule has 0 aliphatic heterocycles. The van der Waals surface area contributed by atoms with Crippen molar-refractivity contribution in [3.8, 4) is 0 Å². The molecular weight excluding hydrogens is 497 g/mol. The number of aliphatic hydroxyl groups is 1. The minimum Gasteiger partial charge on any atom is -0.369 e. The Labute approximate surface area is 188 Å². The van der Waals surface area contributed by atoms with Gasteiger partial charge in [-0.1, -0.05) is 30.3 Å². The zero-order valence-electron chi connectivity index (χ0n) is 16.9. The number of carbonyl (C=O) groups excluding carboxylic acids is 1. The summed E-state index contributed by atoms with van der Waals surface area (Å²) in [5.41, 5.74) is -3.06. The number of nitrogens with two attached hydrogens (primary N) is 1. The van der Waals surface area contributed by atoms with E-state index in [1.165, 1.54) is 12.1 Å². The molecule has 3 rings (SSSR count). The van der Waals surface area contributed by atoms with Gasteiger partial charge in [-0.3, -0.25) is 4.79 Å². The summed E-state index contributed by atoms with van der Waals surface area (Å²) in [7, 11) is -4.21. The van der Waals surface area contributed by atoms with Crippen LogP contribution in [-0.2, 0) is 20.4 Å². The van der Waals surface area contributed by atoms with Gasteiger partial charge in [0.2, 0.25) is 15.9 Å². The number of benzene rings is 2. The van der Waals surface area contributed by atoms with E-state index in [0.717, 1.165) is 12.1 Å². The van der Waals surface area contributed by atoms with Crippen LogP contribution in [0.2, 0.25) is 0 Å². The Hall–Kier alpha value is -2.71. The number of halogens is 7. The van der Waals surface area contributed by atoms with Crippen LogP contribution in [0.4, 0.5) is 30.7 Å². The molecule has 6 nitrogen and oxygen atoms in total. The maximum Gasteiger partial charge on any atom is 0.430 e. The van der Waals surface area contributed by atoms with E-state index in [-0.39, 0.29) is 23.7 Å². The predicted molar refractivity (Wildman–Crippen MR) is 103 cm³/mol. The molecule has 1 fully saturated rings. The van der Waals surface area contributed by atoms with Crippen LogP contribution in [0.5, 0.6) is 0 Å². The van der Waals surface area contributed by atoms with Gasteiger partial charge in [-0.05, 0) is 30.5 Å². The van der Waals surface area contributed by atoms with Gasteiger partial charge in [-0.2, -0.15) is 26.3 Å². The predicted octanol–water partition coefficient (Wildman–Crippen LogP) is 3.20. The Balaban J connectivity index is 2.15.